The molecule has 0 aliphatic carbocycles. The van der Waals surface area contributed by atoms with Crippen LogP contribution >= 0.6 is 15.9 Å². The van der Waals surface area contributed by atoms with E-state index in [0.29, 0.717) is 0 Å². The predicted molar refractivity (Wildman–Crippen MR) is 95.1 cm³/mol. The smallest absolute Gasteiger partial charge is 0.226 e. The minimum absolute atomic E-state index is 0.0163. The Bertz CT molecular complexity index is 880. The molecule has 3 aromatic rings. The largest absolute Gasteiger partial charge is 0.324 e. The Kier molecular flexibility index (Phi) is 3.50. The Hall–Kier alpha value is -2.40. The highest BCUT2D eigenvalue weighted by Crippen LogP contribution is 2.32. The van der Waals surface area contributed by atoms with Gasteiger partial charge in [-0.2, -0.15) is 10.1 Å². The predicted octanol–water partition coefficient (Wildman–Crippen LogP) is 4.41. The third-order valence-electron chi connectivity index (χ3n) is 3.96. The van der Waals surface area contributed by atoms with Crippen LogP contribution in [0.25, 0.3) is 5.70 Å². The van der Waals surface area contributed by atoms with Crippen molar-refractivity contribution in [1.29, 1.82) is 0 Å². The van der Waals surface area contributed by atoms with Gasteiger partial charge in [-0.15, -0.1) is 0 Å². The van der Waals surface area contributed by atoms with Gasteiger partial charge in [0.15, 0.2) is 0 Å². The van der Waals surface area contributed by atoms with E-state index in [2.05, 4.69) is 80.7 Å². The maximum absolute atomic E-state index is 4.37. The van der Waals surface area contributed by atoms with Crippen molar-refractivity contribution in [3.8, 4) is 0 Å². The number of allylic oxidation sites excluding steroid dienone is 1. The number of benzene rings is 2. The van der Waals surface area contributed by atoms with Crippen LogP contribution in [0.4, 0.5) is 5.95 Å². The number of hydrogen-bond acceptors (Lipinski definition) is 3. The van der Waals surface area contributed by atoms with E-state index in [1.165, 1.54) is 5.56 Å². The summed E-state index contributed by atoms with van der Waals surface area (Å²) in [5.74, 6) is 0.757. The lowest BCUT2D eigenvalue weighted by Crippen LogP contribution is -2.20. The van der Waals surface area contributed by atoms with E-state index in [-0.39, 0.29) is 6.04 Å². The van der Waals surface area contributed by atoms with Gasteiger partial charge in [0.2, 0.25) is 5.95 Å². The SMILES string of the molecule is Cc1ccc(C2=CC(c3cccc(Br)c3)n3ncnc3N2)cc1. The summed E-state index contributed by atoms with van der Waals surface area (Å²) >= 11 is 3.55. The van der Waals surface area contributed by atoms with Crippen LogP contribution in [0, 0.1) is 6.92 Å². The first kappa shape index (κ1) is 14.2. The monoisotopic (exact) mass is 366 g/mol. The zero-order chi connectivity index (χ0) is 15.8. The Morgan fingerprint density at radius 2 is 1.96 bits per heavy atom. The van der Waals surface area contributed by atoms with Gasteiger partial charge < -0.3 is 5.32 Å². The first-order valence-electron chi connectivity index (χ1n) is 7.41. The van der Waals surface area contributed by atoms with Crippen molar-refractivity contribution in [3.05, 3.63) is 82.1 Å². The molecule has 2 aromatic carbocycles. The van der Waals surface area contributed by atoms with E-state index in [9.17, 15) is 0 Å². The second-order valence-electron chi connectivity index (χ2n) is 5.60. The summed E-state index contributed by atoms with van der Waals surface area (Å²) in [6.45, 7) is 2.09. The quantitative estimate of drug-likeness (QED) is 0.730. The summed E-state index contributed by atoms with van der Waals surface area (Å²) in [5, 5.41) is 7.74. The second-order valence-corrected chi connectivity index (χ2v) is 6.52. The lowest BCUT2D eigenvalue weighted by molar-refractivity contribution is 0.611. The molecule has 1 N–H and O–H groups in total. The van der Waals surface area contributed by atoms with E-state index in [1.807, 2.05) is 16.8 Å². The normalized spacial score (nSPS) is 16.4. The van der Waals surface area contributed by atoms with Gasteiger partial charge in [0.1, 0.15) is 12.4 Å². The van der Waals surface area contributed by atoms with Crippen LogP contribution in [0.1, 0.15) is 22.7 Å². The third kappa shape index (κ3) is 2.68. The van der Waals surface area contributed by atoms with Gasteiger partial charge in [0.05, 0.1) is 0 Å². The highest BCUT2D eigenvalue weighted by atomic mass is 79.9. The molecule has 0 spiro atoms. The first-order valence-corrected chi connectivity index (χ1v) is 8.21. The van der Waals surface area contributed by atoms with E-state index in [0.717, 1.165) is 27.2 Å². The summed E-state index contributed by atoms with van der Waals surface area (Å²) in [4.78, 5) is 4.34. The molecule has 4 rings (SSSR count). The molecule has 1 aliphatic heterocycles. The van der Waals surface area contributed by atoms with Gasteiger partial charge in [0.25, 0.3) is 0 Å². The van der Waals surface area contributed by atoms with Crippen LogP contribution in [-0.2, 0) is 0 Å². The summed E-state index contributed by atoms with van der Waals surface area (Å²) in [7, 11) is 0. The van der Waals surface area contributed by atoms with Crippen molar-refractivity contribution >= 4 is 27.6 Å². The fourth-order valence-corrected chi connectivity index (χ4v) is 3.18. The zero-order valence-electron chi connectivity index (χ0n) is 12.6. The van der Waals surface area contributed by atoms with Gasteiger partial charge in [-0.05, 0) is 36.3 Å². The minimum atomic E-state index is 0.0163. The van der Waals surface area contributed by atoms with Crippen molar-refractivity contribution < 1.29 is 0 Å². The van der Waals surface area contributed by atoms with Crippen molar-refractivity contribution in [1.82, 2.24) is 14.8 Å². The number of fused-ring (bicyclic) bond motifs is 1. The molecule has 1 atom stereocenters. The van der Waals surface area contributed by atoms with Crippen LogP contribution in [0.3, 0.4) is 0 Å². The summed E-state index contributed by atoms with van der Waals surface area (Å²) in [6.07, 6.45) is 3.77. The summed E-state index contributed by atoms with van der Waals surface area (Å²) < 4.78 is 2.96. The molecule has 2 heterocycles. The lowest BCUT2D eigenvalue weighted by atomic mass is 10.0. The maximum atomic E-state index is 4.37. The summed E-state index contributed by atoms with van der Waals surface area (Å²) in [6, 6.07) is 16.8. The number of anilines is 1. The van der Waals surface area contributed by atoms with Crippen LogP contribution in [-0.4, -0.2) is 14.8 Å². The van der Waals surface area contributed by atoms with Crippen molar-refractivity contribution in [2.24, 2.45) is 0 Å². The molecule has 0 saturated heterocycles. The molecular formula is C18H15BrN4. The van der Waals surface area contributed by atoms with E-state index in [1.54, 1.807) is 6.33 Å². The molecule has 23 heavy (non-hydrogen) atoms. The van der Waals surface area contributed by atoms with Gasteiger partial charge in [-0.1, -0.05) is 57.9 Å². The zero-order valence-corrected chi connectivity index (χ0v) is 14.2. The summed E-state index contributed by atoms with van der Waals surface area (Å²) in [5.41, 5.74) is 4.61. The molecule has 1 unspecified atom stereocenters. The molecule has 4 nitrogen and oxygen atoms in total. The Labute approximate surface area is 143 Å². The van der Waals surface area contributed by atoms with Crippen LogP contribution in [0.2, 0.25) is 0 Å². The fourth-order valence-electron chi connectivity index (χ4n) is 2.76. The van der Waals surface area contributed by atoms with E-state index < -0.39 is 0 Å². The van der Waals surface area contributed by atoms with Gasteiger partial charge in [0, 0.05) is 10.2 Å². The number of nitrogens with one attached hydrogen (secondary N) is 1. The standard InChI is InChI=1S/C18H15BrN4/c1-12-5-7-13(8-6-12)16-10-17(14-3-2-4-15(19)9-14)23-18(22-16)20-11-21-23/h2-11,17H,1H3,(H,20,21,22). The molecule has 5 heteroatoms. The van der Waals surface area contributed by atoms with Crippen LogP contribution in [0.5, 0.6) is 0 Å². The van der Waals surface area contributed by atoms with Crippen LogP contribution < -0.4 is 5.32 Å². The van der Waals surface area contributed by atoms with E-state index >= 15 is 0 Å². The second kappa shape index (κ2) is 5.66. The van der Waals surface area contributed by atoms with Gasteiger partial charge >= 0.3 is 0 Å². The molecular weight excluding hydrogens is 352 g/mol. The highest BCUT2D eigenvalue weighted by molar-refractivity contribution is 9.10. The molecule has 0 bridgehead atoms. The average molecular weight is 367 g/mol. The van der Waals surface area contributed by atoms with Gasteiger partial charge in [-0.25, -0.2) is 4.68 Å². The first-order chi connectivity index (χ1) is 11.2. The Morgan fingerprint density at radius 3 is 2.74 bits per heavy atom. The molecule has 0 radical (unpaired) electrons. The number of aromatic nitrogens is 3. The van der Waals surface area contributed by atoms with Crippen molar-refractivity contribution in [2.45, 2.75) is 13.0 Å². The van der Waals surface area contributed by atoms with Crippen molar-refractivity contribution in [3.63, 3.8) is 0 Å². The minimum Gasteiger partial charge on any atom is -0.324 e. The number of nitrogens with zero attached hydrogens (tertiary/aromatic N) is 3. The van der Waals surface area contributed by atoms with Crippen LogP contribution in [0.15, 0.2) is 65.4 Å². The topological polar surface area (TPSA) is 42.7 Å². The molecule has 0 fully saturated rings. The molecule has 0 amide bonds. The maximum Gasteiger partial charge on any atom is 0.226 e. The average Bonchev–Trinajstić information content (AvgIpc) is 3.03. The number of hydrogen-bond donors (Lipinski definition) is 1. The lowest BCUT2D eigenvalue weighted by Gasteiger charge is -2.24. The molecule has 1 aliphatic rings. The number of halogens is 1. The third-order valence-corrected chi connectivity index (χ3v) is 4.45. The highest BCUT2D eigenvalue weighted by Gasteiger charge is 2.23. The fraction of sp³-hybridized carbons (Fsp3) is 0.111. The van der Waals surface area contributed by atoms with E-state index in [4.69, 9.17) is 0 Å². The van der Waals surface area contributed by atoms with Gasteiger partial charge in [-0.3, -0.25) is 0 Å². The van der Waals surface area contributed by atoms with Crippen molar-refractivity contribution in [2.75, 3.05) is 5.32 Å². The molecule has 0 saturated carbocycles. The Morgan fingerprint density at radius 1 is 1.13 bits per heavy atom. The number of aryl methyl sites for hydroxylation is 1. The number of rotatable bonds is 2. The molecule has 114 valence electrons. The molecule has 1 aromatic heterocycles. The Balaban J connectivity index is 1.81.